The Bertz CT molecular complexity index is 592. The van der Waals surface area contributed by atoms with Crippen LogP contribution in [0.3, 0.4) is 0 Å². The van der Waals surface area contributed by atoms with E-state index >= 15 is 0 Å². The molecule has 0 amide bonds. The Morgan fingerprint density at radius 2 is 1.85 bits per heavy atom. The predicted octanol–water partition coefficient (Wildman–Crippen LogP) is 0.833. The van der Waals surface area contributed by atoms with Crippen molar-refractivity contribution in [3.05, 3.63) is 33.9 Å². The highest BCUT2D eigenvalue weighted by atomic mass is 19.4. The van der Waals surface area contributed by atoms with E-state index in [0.29, 0.717) is 12.1 Å². The number of nitro benzene ring substituents is 1. The zero-order valence-electron chi connectivity index (χ0n) is 9.76. The van der Waals surface area contributed by atoms with Crippen molar-refractivity contribution in [2.45, 2.75) is 6.18 Å². The summed E-state index contributed by atoms with van der Waals surface area (Å²) in [4.78, 5) is 16.2. The van der Waals surface area contributed by atoms with Crippen molar-refractivity contribution in [1.82, 2.24) is 0 Å². The predicted molar refractivity (Wildman–Crippen MR) is 65.2 cm³/mol. The van der Waals surface area contributed by atoms with Gasteiger partial charge in [0, 0.05) is 6.07 Å². The molecule has 1 aromatic carbocycles. The Kier molecular flexibility index (Phi) is 4.12. The van der Waals surface area contributed by atoms with Crippen LogP contribution in [-0.2, 0) is 6.18 Å². The summed E-state index contributed by atoms with van der Waals surface area (Å²) in [5, 5.41) is 10.5. The molecule has 8 nitrogen and oxygen atoms in total. The van der Waals surface area contributed by atoms with E-state index in [-0.39, 0.29) is 5.69 Å². The van der Waals surface area contributed by atoms with E-state index in [1.165, 1.54) is 0 Å². The second-order valence-corrected chi connectivity index (χ2v) is 3.46. The Morgan fingerprint density at radius 3 is 2.30 bits per heavy atom. The number of hydrogen-bond donors (Lipinski definition) is 3. The molecular formula is C9H9F3N6O2. The molecule has 0 fully saturated rings. The van der Waals surface area contributed by atoms with Gasteiger partial charge in [-0.3, -0.25) is 10.1 Å². The molecule has 11 heteroatoms. The molecule has 0 spiro atoms. The van der Waals surface area contributed by atoms with Gasteiger partial charge in [-0.15, -0.1) is 0 Å². The number of nitro groups is 1. The molecule has 0 bridgehead atoms. The van der Waals surface area contributed by atoms with Gasteiger partial charge in [0.15, 0.2) is 5.96 Å². The van der Waals surface area contributed by atoms with Crippen LogP contribution in [0.4, 0.5) is 24.5 Å². The number of guanidine groups is 2. The smallest absolute Gasteiger partial charge is 0.370 e. The Balaban J connectivity index is 3.34. The average molecular weight is 290 g/mol. The van der Waals surface area contributed by atoms with E-state index in [0.717, 1.165) is 6.07 Å². The van der Waals surface area contributed by atoms with Gasteiger partial charge >= 0.3 is 6.18 Å². The maximum Gasteiger partial charge on any atom is 0.423 e. The molecule has 0 saturated heterocycles. The van der Waals surface area contributed by atoms with Crippen molar-refractivity contribution in [3.8, 4) is 0 Å². The number of aliphatic imine (C=N–C) groups is 2. The minimum Gasteiger partial charge on any atom is -0.370 e. The Morgan fingerprint density at radius 1 is 1.25 bits per heavy atom. The van der Waals surface area contributed by atoms with Crippen LogP contribution in [0.1, 0.15) is 5.56 Å². The van der Waals surface area contributed by atoms with Crippen molar-refractivity contribution in [3.63, 3.8) is 0 Å². The lowest BCUT2D eigenvalue weighted by Crippen LogP contribution is -2.26. The van der Waals surface area contributed by atoms with Gasteiger partial charge in [0.1, 0.15) is 5.56 Å². The fourth-order valence-electron chi connectivity index (χ4n) is 1.27. The normalized spacial score (nSPS) is 12.1. The summed E-state index contributed by atoms with van der Waals surface area (Å²) in [7, 11) is 0. The molecule has 0 aliphatic heterocycles. The van der Waals surface area contributed by atoms with Crippen molar-refractivity contribution >= 4 is 23.3 Å². The molecule has 0 saturated carbocycles. The second-order valence-electron chi connectivity index (χ2n) is 3.46. The lowest BCUT2D eigenvalue weighted by Gasteiger charge is -2.07. The van der Waals surface area contributed by atoms with Crippen LogP contribution >= 0.6 is 0 Å². The van der Waals surface area contributed by atoms with Gasteiger partial charge in [-0.1, -0.05) is 0 Å². The first-order valence-corrected chi connectivity index (χ1v) is 4.90. The van der Waals surface area contributed by atoms with Crippen molar-refractivity contribution in [2.24, 2.45) is 27.2 Å². The highest BCUT2D eigenvalue weighted by Gasteiger charge is 2.38. The second kappa shape index (κ2) is 5.42. The minimum atomic E-state index is -4.90. The summed E-state index contributed by atoms with van der Waals surface area (Å²) in [6.07, 6.45) is -4.90. The Labute approximate surface area is 109 Å². The van der Waals surface area contributed by atoms with Gasteiger partial charge in [-0.2, -0.15) is 18.2 Å². The van der Waals surface area contributed by atoms with Crippen LogP contribution in [0.2, 0.25) is 0 Å². The summed E-state index contributed by atoms with van der Waals surface area (Å²) in [5.41, 5.74) is 12.5. The molecule has 0 unspecified atom stereocenters. The molecule has 0 aliphatic rings. The van der Waals surface area contributed by atoms with Gasteiger partial charge in [-0.05, 0) is 12.1 Å². The van der Waals surface area contributed by atoms with Crippen LogP contribution < -0.4 is 17.2 Å². The van der Waals surface area contributed by atoms with Crippen LogP contribution in [0, 0.1) is 10.1 Å². The first-order chi connectivity index (χ1) is 9.11. The highest BCUT2D eigenvalue weighted by Crippen LogP contribution is 2.38. The van der Waals surface area contributed by atoms with E-state index in [2.05, 4.69) is 9.98 Å². The van der Waals surface area contributed by atoms with Gasteiger partial charge < -0.3 is 17.2 Å². The number of nitrogens with zero attached hydrogens (tertiary/aromatic N) is 3. The molecule has 6 N–H and O–H groups in total. The highest BCUT2D eigenvalue weighted by molar-refractivity contribution is 5.93. The Hall–Kier alpha value is -2.85. The molecule has 1 aromatic rings. The third-order valence-corrected chi connectivity index (χ3v) is 1.97. The molecule has 0 heterocycles. The molecule has 1 rings (SSSR count). The van der Waals surface area contributed by atoms with Crippen LogP contribution in [-0.4, -0.2) is 16.8 Å². The third-order valence-electron chi connectivity index (χ3n) is 1.97. The first kappa shape index (κ1) is 15.2. The summed E-state index contributed by atoms with van der Waals surface area (Å²) in [6.45, 7) is 0. The number of alkyl halides is 3. The summed E-state index contributed by atoms with van der Waals surface area (Å²) >= 11 is 0. The van der Waals surface area contributed by atoms with Crippen molar-refractivity contribution < 1.29 is 18.1 Å². The molecule has 0 aliphatic carbocycles. The number of rotatable bonds is 2. The largest absolute Gasteiger partial charge is 0.423 e. The molecule has 0 aromatic heterocycles. The minimum absolute atomic E-state index is 0.273. The lowest BCUT2D eigenvalue weighted by atomic mass is 10.1. The maximum atomic E-state index is 12.7. The quantitative estimate of drug-likeness (QED) is 0.319. The zero-order chi connectivity index (χ0) is 15.5. The molecular weight excluding hydrogens is 281 g/mol. The van der Waals surface area contributed by atoms with Gasteiger partial charge in [-0.25, -0.2) is 4.99 Å². The summed E-state index contributed by atoms with van der Waals surface area (Å²) < 4.78 is 38.1. The van der Waals surface area contributed by atoms with Crippen LogP contribution in [0.25, 0.3) is 0 Å². The van der Waals surface area contributed by atoms with E-state index in [4.69, 9.17) is 17.2 Å². The van der Waals surface area contributed by atoms with E-state index in [9.17, 15) is 23.3 Å². The van der Waals surface area contributed by atoms with Crippen LogP contribution in [0.15, 0.2) is 28.2 Å². The van der Waals surface area contributed by atoms with Crippen molar-refractivity contribution in [2.75, 3.05) is 0 Å². The van der Waals surface area contributed by atoms with Gasteiger partial charge in [0.2, 0.25) is 5.96 Å². The topological polar surface area (TPSA) is 146 Å². The summed E-state index contributed by atoms with van der Waals surface area (Å²) in [5.74, 6) is -0.906. The molecule has 20 heavy (non-hydrogen) atoms. The molecule has 0 atom stereocenters. The van der Waals surface area contributed by atoms with E-state index < -0.39 is 34.3 Å². The SMILES string of the molecule is NC(N)=NC(N)=Nc1ccc([N+](=O)[O-])c(C(F)(F)F)c1. The van der Waals surface area contributed by atoms with Gasteiger partial charge in [0.25, 0.3) is 5.69 Å². The maximum absolute atomic E-state index is 12.7. The fourth-order valence-corrected chi connectivity index (χ4v) is 1.27. The average Bonchev–Trinajstić information content (AvgIpc) is 2.25. The molecule has 0 radical (unpaired) electrons. The zero-order valence-corrected chi connectivity index (χ0v) is 9.76. The van der Waals surface area contributed by atoms with Crippen molar-refractivity contribution in [1.29, 1.82) is 0 Å². The van der Waals surface area contributed by atoms with E-state index in [1.54, 1.807) is 0 Å². The standard InChI is InChI=1S/C9H9F3N6O2/c10-9(11,12)5-3-4(1-2-6(5)18(19)20)16-8(15)17-7(13)14/h1-3H,(H6,13,14,15,16,17). The lowest BCUT2D eigenvalue weighted by molar-refractivity contribution is -0.388. The summed E-state index contributed by atoms with van der Waals surface area (Å²) in [6, 6.07) is 2.14. The third kappa shape index (κ3) is 3.83. The number of hydrogen-bond acceptors (Lipinski definition) is 3. The van der Waals surface area contributed by atoms with Gasteiger partial charge in [0.05, 0.1) is 10.6 Å². The molecule has 108 valence electrons. The monoisotopic (exact) mass is 290 g/mol. The van der Waals surface area contributed by atoms with Crippen LogP contribution in [0.5, 0.6) is 0 Å². The number of benzene rings is 1. The van der Waals surface area contributed by atoms with E-state index in [1.807, 2.05) is 0 Å². The fraction of sp³-hybridized carbons (Fsp3) is 0.111. The number of halogens is 3. The number of nitrogens with two attached hydrogens (primary N) is 3. The first-order valence-electron chi connectivity index (χ1n) is 4.90.